The summed E-state index contributed by atoms with van der Waals surface area (Å²) in [7, 11) is -3.96. The molecule has 19 heavy (non-hydrogen) atoms. The normalized spacial score (nSPS) is 22.8. The van der Waals surface area contributed by atoms with Crippen LogP contribution >= 0.6 is 11.8 Å². The lowest BCUT2D eigenvalue weighted by Crippen LogP contribution is -2.23. The fourth-order valence-electron chi connectivity index (χ4n) is 1.94. The van der Waals surface area contributed by atoms with Gasteiger partial charge < -0.3 is 4.42 Å². The summed E-state index contributed by atoms with van der Waals surface area (Å²) in [6.45, 7) is 6.88. The van der Waals surface area contributed by atoms with Crippen molar-refractivity contribution in [2.75, 3.05) is 16.9 Å². The van der Waals surface area contributed by atoms with Gasteiger partial charge in [0.05, 0.1) is 19.6 Å². The zero-order valence-corrected chi connectivity index (χ0v) is 14.2. The first-order chi connectivity index (χ1) is 8.73. The van der Waals surface area contributed by atoms with Crippen LogP contribution in [-0.4, -0.2) is 43.6 Å². The number of hydrogen-bond acceptors (Lipinski definition) is 6. The first-order valence-corrected chi connectivity index (χ1v) is 12.9. The molecule has 108 valence electrons. The van der Waals surface area contributed by atoms with Crippen molar-refractivity contribution in [1.82, 2.24) is 10.2 Å². The van der Waals surface area contributed by atoms with E-state index in [0.717, 1.165) is 5.38 Å². The second-order valence-electron chi connectivity index (χ2n) is 6.28. The molecule has 0 aliphatic carbocycles. The van der Waals surface area contributed by atoms with Crippen LogP contribution in [0.25, 0.3) is 0 Å². The van der Waals surface area contributed by atoms with Gasteiger partial charge in [-0.15, -0.1) is 10.2 Å². The summed E-state index contributed by atoms with van der Waals surface area (Å²) in [4.78, 5) is 0. The van der Waals surface area contributed by atoms with Gasteiger partial charge in [0.2, 0.25) is 5.89 Å². The molecule has 1 atom stereocenters. The molecule has 1 fully saturated rings. The van der Waals surface area contributed by atoms with Crippen molar-refractivity contribution in [3.05, 3.63) is 5.89 Å². The molecule has 1 aromatic heterocycles. The Hall–Kier alpha value is -0.343. The highest BCUT2D eigenvalue weighted by atomic mass is 32.2. The fourth-order valence-corrected chi connectivity index (χ4v) is 6.28. The Morgan fingerprint density at radius 3 is 2.68 bits per heavy atom. The van der Waals surface area contributed by atoms with Gasteiger partial charge in [-0.1, -0.05) is 31.4 Å². The molecule has 2 rings (SSSR count). The quantitative estimate of drug-likeness (QED) is 0.610. The highest BCUT2D eigenvalue weighted by molar-refractivity contribution is 8.00. The molecule has 1 saturated heterocycles. The summed E-state index contributed by atoms with van der Waals surface area (Å²) < 4.78 is 28.3. The Morgan fingerprint density at radius 2 is 2.11 bits per heavy atom. The minimum absolute atomic E-state index is 0.139. The van der Waals surface area contributed by atoms with Crippen LogP contribution in [0.2, 0.25) is 19.6 Å². The topological polar surface area (TPSA) is 73.1 Å². The maximum atomic E-state index is 11.4. The van der Waals surface area contributed by atoms with Gasteiger partial charge in [-0.3, -0.25) is 0 Å². The van der Waals surface area contributed by atoms with E-state index in [9.17, 15) is 8.42 Å². The average Bonchev–Trinajstić information content (AvgIpc) is 2.82. The maximum Gasteiger partial charge on any atom is 0.276 e. The molecule has 5 nitrogen and oxygen atoms in total. The molecule has 2 heterocycles. The third-order valence-corrected chi connectivity index (χ3v) is 9.16. The molecule has 1 aromatic rings. The predicted molar refractivity (Wildman–Crippen MR) is 78.8 cm³/mol. The maximum absolute atomic E-state index is 11.4. The summed E-state index contributed by atoms with van der Waals surface area (Å²) >= 11 is 1.61. The van der Waals surface area contributed by atoms with Crippen molar-refractivity contribution in [2.45, 2.75) is 37.7 Å². The van der Waals surface area contributed by atoms with Crippen molar-refractivity contribution in [3.63, 3.8) is 0 Å². The molecule has 0 amide bonds. The number of sulfone groups is 1. The zero-order valence-electron chi connectivity index (χ0n) is 11.5. The van der Waals surface area contributed by atoms with Crippen LogP contribution in [0.5, 0.6) is 0 Å². The van der Waals surface area contributed by atoms with Gasteiger partial charge >= 0.3 is 0 Å². The molecule has 1 unspecified atom stereocenters. The Balaban J connectivity index is 1.88. The molecule has 1 aliphatic rings. The van der Waals surface area contributed by atoms with Gasteiger partial charge in [-0.2, -0.15) is 0 Å². The number of nitrogens with zero attached hydrogens (tertiary/aromatic N) is 2. The van der Waals surface area contributed by atoms with Crippen molar-refractivity contribution < 1.29 is 12.8 Å². The third-order valence-electron chi connectivity index (χ3n) is 2.87. The van der Waals surface area contributed by atoms with Gasteiger partial charge in [-0.25, -0.2) is 8.42 Å². The van der Waals surface area contributed by atoms with E-state index in [1.54, 1.807) is 11.8 Å². The Labute approximate surface area is 119 Å². The number of aromatic nitrogens is 2. The van der Waals surface area contributed by atoms with Crippen molar-refractivity contribution >= 4 is 29.7 Å². The molecule has 0 spiro atoms. The lowest BCUT2D eigenvalue weighted by molar-refractivity contribution is 0.389. The molecule has 0 radical (unpaired) electrons. The van der Waals surface area contributed by atoms with Crippen LogP contribution in [0.4, 0.5) is 0 Å². The zero-order chi connectivity index (χ0) is 14.1. The predicted octanol–water partition coefficient (Wildman–Crippen LogP) is 2.02. The second kappa shape index (κ2) is 5.57. The van der Waals surface area contributed by atoms with E-state index in [4.69, 9.17) is 4.42 Å². The van der Waals surface area contributed by atoms with Crippen LogP contribution in [0, 0.1) is 5.92 Å². The lowest BCUT2D eigenvalue weighted by Gasteiger charge is -2.12. The Bertz CT molecular complexity index is 536. The molecular formula is C11H20N2O3S2Si. The fraction of sp³-hybridized carbons (Fsp3) is 0.818. The van der Waals surface area contributed by atoms with Crippen LogP contribution in [0.15, 0.2) is 9.64 Å². The number of rotatable bonds is 5. The summed E-state index contributed by atoms with van der Waals surface area (Å²) in [5, 5.41) is 9.69. The molecule has 8 heteroatoms. The van der Waals surface area contributed by atoms with Gasteiger partial charge in [0.15, 0.2) is 9.84 Å². The minimum atomic E-state index is -2.83. The Kier molecular flexibility index (Phi) is 4.41. The van der Waals surface area contributed by atoms with Gasteiger partial charge in [0.1, 0.15) is 0 Å². The summed E-state index contributed by atoms with van der Waals surface area (Å²) in [5.74, 6) is 1.26. The monoisotopic (exact) mass is 320 g/mol. The summed E-state index contributed by atoms with van der Waals surface area (Å²) in [6.07, 6.45) is 1.29. The molecule has 0 bridgehead atoms. The Morgan fingerprint density at radius 1 is 1.37 bits per heavy atom. The largest absolute Gasteiger partial charge is 0.416 e. The second-order valence-corrected chi connectivity index (χ2v) is 15.4. The van der Waals surface area contributed by atoms with E-state index in [0.29, 0.717) is 29.7 Å². The molecule has 1 aliphatic heterocycles. The van der Waals surface area contributed by atoms with E-state index < -0.39 is 17.9 Å². The van der Waals surface area contributed by atoms with Crippen LogP contribution in [0.1, 0.15) is 12.3 Å². The SMILES string of the molecule is C[Si](C)(C)CSc1nnc(CC2CCS(=O)(=O)C2)o1. The molecular weight excluding hydrogens is 300 g/mol. The van der Waals surface area contributed by atoms with E-state index >= 15 is 0 Å². The van der Waals surface area contributed by atoms with E-state index in [-0.39, 0.29) is 11.7 Å². The van der Waals surface area contributed by atoms with Gasteiger partial charge in [-0.05, 0) is 17.7 Å². The smallest absolute Gasteiger partial charge is 0.276 e. The van der Waals surface area contributed by atoms with E-state index in [1.165, 1.54) is 0 Å². The molecule has 0 N–H and O–H groups in total. The van der Waals surface area contributed by atoms with E-state index in [2.05, 4.69) is 29.8 Å². The standard InChI is InChI=1S/C11H20N2O3S2Si/c1-19(2,3)8-17-11-13-12-10(16-11)6-9-4-5-18(14,15)7-9/h9H,4-8H2,1-3H3. The number of thioether (sulfide) groups is 1. The molecule has 0 aromatic carbocycles. The van der Waals surface area contributed by atoms with Gasteiger partial charge in [0, 0.05) is 6.42 Å². The summed E-state index contributed by atoms with van der Waals surface area (Å²) in [5.41, 5.74) is 0. The molecule has 0 saturated carbocycles. The minimum Gasteiger partial charge on any atom is -0.416 e. The number of hydrogen-bond donors (Lipinski definition) is 0. The average molecular weight is 321 g/mol. The highest BCUT2D eigenvalue weighted by Gasteiger charge is 2.29. The van der Waals surface area contributed by atoms with Crippen molar-refractivity contribution in [2.24, 2.45) is 5.92 Å². The third kappa shape index (κ3) is 4.92. The van der Waals surface area contributed by atoms with Crippen molar-refractivity contribution in [3.8, 4) is 0 Å². The van der Waals surface area contributed by atoms with Crippen LogP contribution < -0.4 is 0 Å². The first kappa shape index (κ1) is 15.1. The van der Waals surface area contributed by atoms with Gasteiger partial charge in [0.25, 0.3) is 5.22 Å². The van der Waals surface area contributed by atoms with E-state index in [1.807, 2.05) is 0 Å². The highest BCUT2D eigenvalue weighted by Crippen LogP contribution is 2.25. The van der Waals surface area contributed by atoms with Crippen LogP contribution in [0.3, 0.4) is 0 Å². The van der Waals surface area contributed by atoms with Crippen molar-refractivity contribution in [1.29, 1.82) is 0 Å². The first-order valence-electron chi connectivity index (χ1n) is 6.39. The summed E-state index contributed by atoms with van der Waals surface area (Å²) in [6, 6.07) is 0. The lowest BCUT2D eigenvalue weighted by atomic mass is 10.1. The van der Waals surface area contributed by atoms with Crippen LogP contribution in [-0.2, 0) is 16.3 Å².